The van der Waals surface area contributed by atoms with Gasteiger partial charge in [0, 0.05) is 31.2 Å². The van der Waals surface area contributed by atoms with Crippen molar-refractivity contribution >= 4 is 35.4 Å². The van der Waals surface area contributed by atoms with Crippen LogP contribution in [0.5, 0.6) is 0 Å². The quantitative estimate of drug-likeness (QED) is 0.440. The zero-order chi connectivity index (χ0) is 18.5. The minimum Gasteiger partial charge on any atom is -0.331 e. The summed E-state index contributed by atoms with van der Waals surface area (Å²) in [6.07, 6.45) is 3.46. The second-order valence-corrected chi connectivity index (χ2v) is 7.18. The van der Waals surface area contributed by atoms with Crippen LogP contribution >= 0.6 is 12.2 Å². The largest absolute Gasteiger partial charge is 0.331 e. The SMILES string of the molecule is CCN1C(=O)[C@@H](C=NC2CC[NH+](Cc3ccccc3)CC2)C(=O)NC1=S. The summed E-state index contributed by atoms with van der Waals surface area (Å²) < 4.78 is 0. The molecule has 2 fully saturated rings. The lowest BCUT2D eigenvalue weighted by Crippen LogP contribution is -3.12. The van der Waals surface area contributed by atoms with Gasteiger partial charge in [-0.25, -0.2) is 0 Å². The fourth-order valence-electron chi connectivity index (χ4n) is 3.49. The molecule has 138 valence electrons. The molecule has 2 heterocycles. The number of quaternary nitrogens is 1. The van der Waals surface area contributed by atoms with E-state index in [9.17, 15) is 9.59 Å². The highest BCUT2D eigenvalue weighted by Gasteiger charge is 2.36. The lowest BCUT2D eigenvalue weighted by molar-refractivity contribution is -0.918. The van der Waals surface area contributed by atoms with Crippen LogP contribution in [-0.2, 0) is 16.1 Å². The van der Waals surface area contributed by atoms with Crippen LogP contribution in [0.1, 0.15) is 25.3 Å². The maximum absolute atomic E-state index is 12.4. The van der Waals surface area contributed by atoms with Crippen molar-refractivity contribution in [1.29, 1.82) is 0 Å². The van der Waals surface area contributed by atoms with Crippen molar-refractivity contribution in [2.45, 2.75) is 32.4 Å². The number of benzene rings is 1. The smallest absolute Gasteiger partial charge is 0.246 e. The summed E-state index contributed by atoms with van der Waals surface area (Å²) in [4.78, 5) is 32.0. The summed E-state index contributed by atoms with van der Waals surface area (Å²) in [5.41, 5.74) is 1.35. The number of piperidine rings is 1. The van der Waals surface area contributed by atoms with E-state index in [2.05, 4.69) is 34.6 Å². The first-order valence-electron chi connectivity index (χ1n) is 9.15. The topological polar surface area (TPSA) is 66.2 Å². The van der Waals surface area contributed by atoms with Crippen LogP contribution in [0.3, 0.4) is 0 Å². The Morgan fingerprint density at radius 1 is 1.27 bits per heavy atom. The summed E-state index contributed by atoms with van der Waals surface area (Å²) in [5, 5.41) is 2.77. The highest BCUT2D eigenvalue weighted by atomic mass is 32.1. The van der Waals surface area contributed by atoms with Crippen LogP contribution < -0.4 is 10.2 Å². The van der Waals surface area contributed by atoms with Gasteiger partial charge >= 0.3 is 0 Å². The van der Waals surface area contributed by atoms with Crippen molar-refractivity contribution in [2.24, 2.45) is 10.9 Å². The van der Waals surface area contributed by atoms with Gasteiger partial charge in [-0.15, -0.1) is 0 Å². The normalized spacial score (nSPS) is 27.0. The molecule has 1 aromatic carbocycles. The molecule has 0 radical (unpaired) electrons. The van der Waals surface area contributed by atoms with E-state index in [0.29, 0.717) is 6.54 Å². The molecule has 0 saturated carbocycles. The predicted molar refractivity (Wildman–Crippen MR) is 104 cm³/mol. The molecule has 2 saturated heterocycles. The summed E-state index contributed by atoms with van der Waals surface area (Å²) >= 11 is 5.04. The van der Waals surface area contributed by atoms with E-state index in [-0.39, 0.29) is 23.0 Å². The molecule has 0 bridgehead atoms. The highest BCUT2D eigenvalue weighted by molar-refractivity contribution is 7.80. The lowest BCUT2D eigenvalue weighted by Gasteiger charge is -2.30. The van der Waals surface area contributed by atoms with Gasteiger partial charge in [-0.3, -0.25) is 19.5 Å². The first kappa shape index (κ1) is 18.7. The first-order valence-corrected chi connectivity index (χ1v) is 9.56. The molecule has 7 heteroatoms. The zero-order valence-corrected chi connectivity index (χ0v) is 15.8. The molecular formula is C19H25N4O2S+. The molecule has 1 aromatic rings. The third-order valence-electron chi connectivity index (χ3n) is 5.01. The third-order valence-corrected chi connectivity index (χ3v) is 5.33. The minimum absolute atomic E-state index is 0.180. The summed E-state index contributed by atoms with van der Waals surface area (Å²) in [6, 6.07) is 10.7. The molecule has 2 aliphatic rings. The molecule has 3 rings (SSSR count). The van der Waals surface area contributed by atoms with Gasteiger partial charge < -0.3 is 10.2 Å². The van der Waals surface area contributed by atoms with Crippen LogP contribution in [0.15, 0.2) is 35.3 Å². The second kappa shape index (κ2) is 8.51. The first-order chi connectivity index (χ1) is 12.6. The van der Waals surface area contributed by atoms with Gasteiger partial charge in [0.05, 0.1) is 19.1 Å². The van der Waals surface area contributed by atoms with Crippen LogP contribution in [0.2, 0.25) is 0 Å². The second-order valence-electron chi connectivity index (χ2n) is 6.80. The fraction of sp³-hybridized carbons (Fsp3) is 0.474. The molecular weight excluding hydrogens is 348 g/mol. The molecule has 26 heavy (non-hydrogen) atoms. The summed E-state index contributed by atoms with van der Waals surface area (Å²) in [6.45, 7) is 5.41. The van der Waals surface area contributed by atoms with Gasteiger partial charge in [0.1, 0.15) is 6.54 Å². The van der Waals surface area contributed by atoms with Crippen molar-refractivity contribution in [3.63, 3.8) is 0 Å². The number of nitrogens with one attached hydrogen (secondary N) is 2. The molecule has 0 aliphatic carbocycles. The van der Waals surface area contributed by atoms with Crippen LogP contribution in [0, 0.1) is 5.92 Å². The van der Waals surface area contributed by atoms with Crippen LogP contribution in [-0.4, -0.2) is 53.7 Å². The van der Waals surface area contributed by atoms with Gasteiger partial charge in [-0.05, 0) is 19.1 Å². The molecule has 2 amide bonds. The maximum Gasteiger partial charge on any atom is 0.246 e. The number of carbonyl (C=O) groups excluding carboxylic acids is 2. The molecule has 6 nitrogen and oxygen atoms in total. The van der Waals surface area contributed by atoms with E-state index in [1.807, 2.05) is 13.0 Å². The Bertz CT molecular complexity index is 699. The Morgan fingerprint density at radius 3 is 2.62 bits per heavy atom. The number of amides is 2. The maximum atomic E-state index is 12.4. The number of hydrogen-bond donors (Lipinski definition) is 2. The summed E-state index contributed by atoms with van der Waals surface area (Å²) in [7, 11) is 0. The average molecular weight is 374 g/mol. The van der Waals surface area contributed by atoms with Crippen LogP contribution in [0.25, 0.3) is 0 Å². The molecule has 1 atom stereocenters. The van der Waals surface area contributed by atoms with Gasteiger partial charge in [0.2, 0.25) is 11.8 Å². The highest BCUT2D eigenvalue weighted by Crippen LogP contribution is 2.11. The Morgan fingerprint density at radius 2 is 1.96 bits per heavy atom. The number of thiocarbonyl (C=S) groups is 1. The van der Waals surface area contributed by atoms with E-state index >= 15 is 0 Å². The number of likely N-dealkylation sites (tertiary alicyclic amines) is 1. The van der Waals surface area contributed by atoms with E-state index < -0.39 is 5.92 Å². The predicted octanol–water partition coefficient (Wildman–Crippen LogP) is 0.184. The third kappa shape index (κ3) is 4.34. The number of rotatable bonds is 5. The molecule has 2 aliphatic heterocycles. The average Bonchev–Trinajstić information content (AvgIpc) is 2.64. The Labute approximate surface area is 159 Å². The number of aliphatic imine (C=N–C) groups is 1. The van der Waals surface area contributed by atoms with Gasteiger partial charge in [-0.2, -0.15) is 0 Å². The van der Waals surface area contributed by atoms with E-state index in [0.717, 1.165) is 32.5 Å². The molecule has 2 N–H and O–H groups in total. The zero-order valence-electron chi connectivity index (χ0n) is 15.0. The monoisotopic (exact) mass is 373 g/mol. The van der Waals surface area contributed by atoms with E-state index in [1.165, 1.54) is 16.7 Å². The number of carbonyl (C=O) groups is 2. The van der Waals surface area contributed by atoms with Crippen molar-refractivity contribution in [3.8, 4) is 0 Å². The van der Waals surface area contributed by atoms with Crippen molar-refractivity contribution in [1.82, 2.24) is 10.2 Å². The number of hydrogen-bond acceptors (Lipinski definition) is 4. The van der Waals surface area contributed by atoms with Crippen molar-refractivity contribution < 1.29 is 14.5 Å². The molecule has 0 unspecified atom stereocenters. The Balaban J connectivity index is 1.53. The Kier molecular flexibility index (Phi) is 6.11. The van der Waals surface area contributed by atoms with Gasteiger partial charge in [0.15, 0.2) is 11.0 Å². The van der Waals surface area contributed by atoms with Gasteiger partial charge in [-0.1, -0.05) is 30.3 Å². The van der Waals surface area contributed by atoms with Crippen LogP contribution in [0.4, 0.5) is 0 Å². The van der Waals surface area contributed by atoms with Crippen molar-refractivity contribution in [3.05, 3.63) is 35.9 Å². The Hall–Kier alpha value is -2.12. The lowest BCUT2D eigenvalue weighted by atomic mass is 10.0. The van der Waals surface area contributed by atoms with Crippen molar-refractivity contribution in [2.75, 3.05) is 19.6 Å². The molecule has 0 aromatic heterocycles. The summed E-state index contributed by atoms with van der Waals surface area (Å²) in [5.74, 6) is -1.52. The number of nitrogens with zero attached hydrogens (tertiary/aromatic N) is 2. The van der Waals surface area contributed by atoms with Gasteiger partial charge in [0.25, 0.3) is 0 Å². The standard InChI is InChI=1S/C19H24N4O2S/c1-2-23-18(25)16(17(24)21-19(23)26)12-20-15-8-10-22(11-9-15)13-14-6-4-3-5-7-14/h3-7,12,15-16H,2,8-11,13H2,1H3,(H,21,24,26)/p+1/t16-/m0/s1. The fourth-order valence-corrected chi connectivity index (χ4v) is 3.81. The van der Waals surface area contributed by atoms with E-state index in [1.54, 1.807) is 4.90 Å². The minimum atomic E-state index is -0.864. The molecule has 0 spiro atoms. The van der Waals surface area contributed by atoms with E-state index in [4.69, 9.17) is 12.2 Å².